The predicted octanol–water partition coefficient (Wildman–Crippen LogP) is 1.93. The average Bonchev–Trinajstić information content (AvgIpc) is 3.32. The summed E-state index contributed by atoms with van der Waals surface area (Å²) in [5.41, 5.74) is 7.62. The zero-order chi connectivity index (χ0) is 13.8. The van der Waals surface area contributed by atoms with Gasteiger partial charge in [-0.15, -0.1) is 0 Å². The maximum absolute atomic E-state index is 6.19. The molecule has 0 aromatic heterocycles. The van der Waals surface area contributed by atoms with E-state index >= 15 is 0 Å². The molecule has 1 atom stereocenters. The Morgan fingerprint density at radius 1 is 1.00 bits per heavy atom. The maximum atomic E-state index is 6.19. The SMILES string of the molecule is NC(CCN1CCN(Cc2ccccc2)CC1)C1CC1. The molecule has 1 aliphatic heterocycles. The van der Waals surface area contributed by atoms with Gasteiger partial charge in [0.05, 0.1) is 0 Å². The van der Waals surface area contributed by atoms with Crippen LogP contribution in [0.15, 0.2) is 30.3 Å². The fraction of sp³-hybridized carbons (Fsp3) is 0.647. The van der Waals surface area contributed by atoms with Gasteiger partial charge in [-0.3, -0.25) is 4.90 Å². The van der Waals surface area contributed by atoms with Crippen LogP contribution in [0.25, 0.3) is 0 Å². The molecule has 1 unspecified atom stereocenters. The predicted molar refractivity (Wildman–Crippen MR) is 83.5 cm³/mol. The summed E-state index contributed by atoms with van der Waals surface area (Å²) >= 11 is 0. The van der Waals surface area contributed by atoms with Crippen molar-refractivity contribution in [2.75, 3.05) is 32.7 Å². The number of hydrogen-bond donors (Lipinski definition) is 1. The molecule has 1 aromatic rings. The van der Waals surface area contributed by atoms with Crippen LogP contribution in [0.1, 0.15) is 24.8 Å². The van der Waals surface area contributed by atoms with Gasteiger partial charge >= 0.3 is 0 Å². The van der Waals surface area contributed by atoms with Crippen LogP contribution < -0.4 is 5.73 Å². The number of hydrogen-bond acceptors (Lipinski definition) is 3. The molecule has 0 amide bonds. The lowest BCUT2D eigenvalue weighted by Gasteiger charge is -2.35. The van der Waals surface area contributed by atoms with Crippen LogP contribution >= 0.6 is 0 Å². The fourth-order valence-corrected chi connectivity index (χ4v) is 3.10. The molecule has 0 bridgehead atoms. The van der Waals surface area contributed by atoms with Gasteiger partial charge in [0.25, 0.3) is 0 Å². The molecule has 1 saturated heterocycles. The van der Waals surface area contributed by atoms with Crippen LogP contribution in [0.2, 0.25) is 0 Å². The number of piperazine rings is 1. The van der Waals surface area contributed by atoms with E-state index in [-0.39, 0.29) is 0 Å². The standard InChI is InChI=1S/C17H27N3/c18-17(16-6-7-16)8-9-19-10-12-20(13-11-19)14-15-4-2-1-3-5-15/h1-5,16-17H,6-14,18H2. The minimum absolute atomic E-state index is 0.456. The van der Waals surface area contributed by atoms with Crippen molar-refractivity contribution in [1.29, 1.82) is 0 Å². The highest BCUT2D eigenvalue weighted by Crippen LogP contribution is 2.32. The number of benzene rings is 1. The molecule has 1 heterocycles. The summed E-state index contributed by atoms with van der Waals surface area (Å²) in [6.07, 6.45) is 3.92. The Labute approximate surface area is 122 Å². The highest BCUT2D eigenvalue weighted by Gasteiger charge is 2.28. The van der Waals surface area contributed by atoms with Crippen molar-refractivity contribution >= 4 is 0 Å². The summed E-state index contributed by atoms with van der Waals surface area (Å²) < 4.78 is 0. The molecule has 0 spiro atoms. The smallest absolute Gasteiger partial charge is 0.0234 e. The van der Waals surface area contributed by atoms with E-state index in [9.17, 15) is 0 Å². The quantitative estimate of drug-likeness (QED) is 0.859. The third-order valence-corrected chi connectivity index (χ3v) is 4.72. The molecule has 3 heteroatoms. The topological polar surface area (TPSA) is 32.5 Å². The van der Waals surface area contributed by atoms with Crippen LogP contribution in [0.5, 0.6) is 0 Å². The lowest BCUT2D eigenvalue weighted by atomic mass is 10.1. The Kier molecular flexibility index (Phi) is 4.71. The molecule has 2 aliphatic rings. The summed E-state index contributed by atoms with van der Waals surface area (Å²) in [4.78, 5) is 5.15. The van der Waals surface area contributed by atoms with Gasteiger partial charge in [-0.05, 0) is 37.3 Å². The van der Waals surface area contributed by atoms with Crippen LogP contribution in [-0.4, -0.2) is 48.6 Å². The summed E-state index contributed by atoms with van der Waals surface area (Å²) in [6, 6.07) is 11.2. The van der Waals surface area contributed by atoms with Gasteiger partial charge in [0.2, 0.25) is 0 Å². The van der Waals surface area contributed by atoms with Gasteiger partial charge in [0, 0.05) is 38.8 Å². The highest BCUT2D eigenvalue weighted by molar-refractivity contribution is 5.14. The van der Waals surface area contributed by atoms with E-state index < -0.39 is 0 Å². The Balaban J connectivity index is 1.36. The Morgan fingerprint density at radius 2 is 1.65 bits per heavy atom. The molecule has 0 radical (unpaired) electrons. The lowest BCUT2D eigenvalue weighted by molar-refractivity contribution is 0.124. The van der Waals surface area contributed by atoms with Crippen molar-refractivity contribution in [3.63, 3.8) is 0 Å². The van der Waals surface area contributed by atoms with Gasteiger partial charge in [-0.25, -0.2) is 0 Å². The van der Waals surface area contributed by atoms with Crippen molar-refractivity contribution in [3.8, 4) is 0 Å². The first-order chi connectivity index (χ1) is 9.81. The minimum Gasteiger partial charge on any atom is -0.327 e. The molecular formula is C17H27N3. The van der Waals surface area contributed by atoms with E-state index in [4.69, 9.17) is 5.73 Å². The molecule has 2 N–H and O–H groups in total. The van der Waals surface area contributed by atoms with Gasteiger partial charge in [-0.2, -0.15) is 0 Å². The summed E-state index contributed by atoms with van der Waals surface area (Å²) in [5.74, 6) is 0.842. The first-order valence-corrected chi connectivity index (χ1v) is 8.05. The van der Waals surface area contributed by atoms with E-state index in [0.29, 0.717) is 6.04 Å². The number of nitrogens with zero attached hydrogens (tertiary/aromatic N) is 2. The van der Waals surface area contributed by atoms with Crippen molar-refractivity contribution < 1.29 is 0 Å². The van der Waals surface area contributed by atoms with E-state index in [1.807, 2.05) is 0 Å². The number of nitrogens with two attached hydrogens (primary N) is 1. The summed E-state index contributed by atoms with van der Waals surface area (Å²) in [5, 5.41) is 0. The monoisotopic (exact) mass is 273 g/mol. The second kappa shape index (κ2) is 6.70. The molecule has 1 aliphatic carbocycles. The minimum atomic E-state index is 0.456. The lowest BCUT2D eigenvalue weighted by Crippen LogP contribution is -2.46. The van der Waals surface area contributed by atoms with Gasteiger partial charge in [0.15, 0.2) is 0 Å². The average molecular weight is 273 g/mol. The van der Waals surface area contributed by atoms with E-state index in [1.54, 1.807) is 0 Å². The first kappa shape index (κ1) is 14.1. The van der Waals surface area contributed by atoms with E-state index in [0.717, 1.165) is 12.5 Å². The molecular weight excluding hydrogens is 246 g/mol. The van der Waals surface area contributed by atoms with Crippen molar-refractivity contribution in [2.24, 2.45) is 11.7 Å². The second-order valence-electron chi connectivity index (χ2n) is 6.39. The van der Waals surface area contributed by atoms with Crippen molar-refractivity contribution in [3.05, 3.63) is 35.9 Å². The summed E-state index contributed by atoms with van der Waals surface area (Å²) in [6.45, 7) is 7.06. The Hall–Kier alpha value is -0.900. The van der Waals surface area contributed by atoms with Crippen LogP contribution in [0.4, 0.5) is 0 Å². The molecule has 1 saturated carbocycles. The van der Waals surface area contributed by atoms with Gasteiger partial charge in [0.1, 0.15) is 0 Å². The highest BCUT2D eigenvalue weighted by atomic mass is 15.3. The molecule has 110 valence electrons. The van der Waals surface area contributed by atoms with E-state index in [1.165, 1.54) is 57.5 Å². The number of rotatable bonds is 6. The van der Waals surface area contributed by atoms with Crippen molar-refractivity contribution in [1.82, 2.24) is 9.80 Å². The third-order valence-electron chi connectivity index (χ3n) is 4.72. The van der Waals surface area contributed by atoms with Gasteiger partial charge in [-0.1, -0.05) is 30.3 Å². The molecule has 3 rings (SSSR count). The van der Waals surface area contributed by atoms with Gasteiger partial charge < -0.3 is 10.6 Å². The molecule has 1 aromatic carbocycles. The first-order valence-electron chi connectivity index (χ1n) is 8.05. The van der Waals surface area contributed by atoms with Crippen molar-refractivity contribution in [2.45, 2.75) is 31.8 Å². The third kappa shape index (κ3) is 4.05. The molecule has 2 fully saturated rings. The normalized spacial score (nSPS) is 22.9. The zero-order valence-corrected chi connectivity index (χ0v) is 12.4. The summed E-state index contributed by atoms with van der Waals surface area (Å²) in [7, 11) is 0. The fourth-order valence-electron chi connectivity index (χ4n) is 3.10. The van der Waals surface area contributed by atoms with Crippen LogP contribution in [-0.2, 0) is 6.54 Å². The van der Waals surface area contributed by atoms with E-state index in [2.05, 4.69) is 40.1 Å². The molecule has 3 nitrogen and oxygen atoms in total. The zero-order valence-electron chi connectivity index (χ0n) is 12.4. The molecule has 20 heavy (non-hydrogen) atoms. The second-order valence-corrected chi connectivity index (χ2v) is 6.39. The van der Waals surface area contributed by atoms with Crippen LogP contribution in [0.3, 0.4) is 0 Å². The Bertz CT molecular complexity index is 394. The maximum Gasteiger partial charge on any atom is 0.0234 e. The Morgan fingerprint density at radius 3 is 2.30 bits per heavy atom. The largest absolute Gasteiger partial charge is 0.327 e. The van der Waals surface area contributed by atoms with Crippen LogP contribution in [0, 0.1) is 5.92 Å².